The average Bonchev–Trinajstić information content (AvgIpc) is 3.36. The van der Waals surface area contributed by atoms with Crippen LogP contribution in [-0.2, 0) is 16.9 Å². The molecule has 2 aliphatic rings. The highest BCUT2D eigenvalue weighted by molar-refractivity contribution is 6.07. The van der Waals surface area contributed by atoms with E-state index < -0.39 is 23.4 Å². The number of para-hydroxylation sites is 1. The highest BCUT2D eigenvalue weighted by Crippen LogP contribution is 2.50. The number of fused-ring (bicyclic) bond motifs is 2. The minimum Gasteiger partial charge on any atom is -0.493 e. The number of carbonyl (C=O) groups excluding carboxylic acids is 1. The maximum absolute atomic E-state index is 13.2. The van der Waals surface area contributed by atoms with Crippen molar-refractivity contribution < 1.29 is 19.2 Å². The van der Waals surface area contributed by atoms with E-state index in [9.17, 15) is 20.2 Å². The van der Waals surface area contributed by atoms with Gasteiger partial charge in [0.25, 0.3) is 11.9 Å². The first-order valence-corrected chi connectivity index (χ1v) is 11.5. The SMILES string of the molecule is COc1cc([C@@H]2[C@H](C)N[C@]3(C(=O)Nc4ccccc43)[C@H]2[N+](=O)[O-])ccc1OCc1ccccc1C#N. The number of benzene rings is 3. The second kappa shape index (κ2) is 8.98. The van der Waals surface area contributed by atoms with Gasteiger partial charge < -0.3 is 14.8 Å². The number of nitrogens with zero attached hydrogens (tertiary/aromatic N) is 2. The molecule has 182 valence electrons. The number of nitriles is 1. The molecule has 5 rings (SSSR count). The summed E-state index contributed by atoms with van der Waals surface area (Å²) in [5.74, 6) is -0.181. The third-order valence-electron chi connectivity index (χ3n) is 7.06. The first-order chi connectivity index (χ1) is 17.4. The molecule has 0 saturated carbocycles. The van der Waals surface area contributed by atoms with Crippen molar-refractivity contribution >= 4 is 11.6 Å². The number of ether oxygens (including phenoxy) is 2. The standard InChI is InChI=1S/C27H24N4O5/c1-16-24(25(31(33)34)27(30-16)20-9-5-6-10-21(20)29-26(27)32)17-11-12-22(23(13-17)35-2)36-15-19-8-4-3-7-18(19)14-28/h3-13,16,24-25,30H,15H2,1-2H3,(H,29,32)/t16-,24-,25-,27-/m0/s1. The zero-order valence-electron chi connectivity index (χ0n) is 19.7. The van der Waals surface area contributed by atoms with E-state index in [4.69, 9.17) is 9.47 Å². The zero-order chi connectivity index (χ0) is 25.4. The molecule has 2 heterocycles. The van der Waals surface area contributed by atoms with E-state index in [-0.39, 0.29) is 17.6 Å². The van der Waals surface area contributed by atoms with Gasteiger partial charge in [0.2, 0.25) is 0 Å². The van der Waals surface area contributed by atoms with Crippen molar-refractivity contribution in [2.75, 3.05) is 12.4 Å². The molecule has 1 fully saturated rings. The van der Waals surface area contributed by atoms with Crippen LogP contribution in [0.1, 0.15) is 35.1 Å². The Morgan fingerprint density at radius 2 is 1.86 bits per heavy atom. The van der Waals surface area contributed by atoms with Gasteiger partial charge in [-0.15, -0.1) is 0 Å². The highest BCUT2D eigenvalue weighted by Gasteiger charge is 2.67. The average molecular weight is 485 g/mol. The molecule has 2 N–H and O–H groups in total. The Balaban J connectivity index is 1.49. The highest BCUT2D eigenvalue weighted by atomic mass is 16.6. The molecule has 3 aromatic carbocycles. The molecule has 0 unspecified atom stereocenters. The Labute approximate surface area is 207 Å². The summed E-state index contributed by atoms with van der Waals surface area (Å²) in [6, 6.07) is 19.9. The van der Waals surface area contributed by atoms with E-state index in [2.05, 4.69) is 16.7 Å². The first-order valence-electron chi connectivity index (χ1n) is 11.5. The largest absolute Gasteiger partial charge is 0.493 e. The molecule has 0 radical (unpaired) electrons. The maximum atomic E-state index is 13.2. The Kier molecular flexibility index (Phi) is 5.82. The number of hydrogen-bond donors (Lipinski definition) is 2. The molecule has 1 amide bonds. The minimum absolute atomic E-state index is 0.165. The molecular weight excluding hydrogens is 460 g/mol. The summed E-state index contributed by atoms with van der Waals surface area (Å²) in [6.45, 7) is 2.01. The topological polar surface area (TPSA) is 127 Å². The molecule has 0 aromatic heterocycles. The van der Waals surface area contributed by atoms with Crippen molar-refractivity contribution in [3.05, 3.63) is 99.1 Å². The second-order valence-corrected chi connectivity index (χ2v) is 8.96. The molecule has 0 bridgehead atoms. The van der Waals surface area contributed by atoms with Crippen LogP contribution in [0.5, 0.6) is 11.5 Å². The quantitative estimate of drug-likeness (QED) is 0.403. The van der Waals surface area contributed by atoms with E-state index in [1.807, 2.05) is 19.1 Å². The second-order valence-electron chi connectivity index (χ2n) is 8.96. The van der Waals surface area contributed by atoms with Gasteiger partial charge in [0.15, 0.2) is 17.0 Å². The monoisotopic (exact) mass is 484 g/mol. The van der Waals surface area contributed by atoms with Gasteiger partial charge in [0.05, 0.1) is 24.7 Å². The number of hydrogen-bond acceptors (Lipinski definition) is 7. The van der Waals surface area contributed by atoms with E-state index in [1.165, 1.54) is 7.11 Å². The van der Waals surface area contributed by atoms with Gasteiger partial charge >= 0.3 is 0 Å². The first kappa shape index (κ1) is 23.3. The van der Waals surface area contributed by atoms with Gasteiger partial charge in [-0.3, -0.25) is 20.2 Å². The number of methoxy groups -OCH3 is 1. The summed E-state index contributed by atoms with van der Waals surface area (Å²) in [6.07, 6.45) is 0. The minimum atomic E-state index is -1.48. The number of carbonyl (C=O) groups is 1. The van der Waals surface area contributed by atoms with E-state index >= 15 is 0 Å². The van der Waals surface area contributed by atoms with E-state index in [1.54, 1.807) is 54.6 Å². The fourth-order valence-electron chi connectivity index (χ4n) is 5.47. The number of nitrogens with one attached hydrogen (secondary N) is 2. The van der Waals surface area contributed by atoms with Gasteiger partial charge in [-0.05, 0) is 36.8 Å². The lowest BCUT2D eigenvalue weighted by Gasteiger charge is -2.25. The molecular formula is C27H24N4O5. The molecule has 0 aliphatic carbocycles. The number of rotatable bonds is 6. The van der Waals surface area contributed by atoms with E-state index in [0.29, 0.717) is 33.9 Å². The lowest BCUT2D eigenvalue weighted by Crippen LogP contribution is -2.54. The predicted molar refractivity (Wildman–Crippen MR) is 131 cm³/mol. The molecule has 9 nitrogen and oxygen atoms in total. The van der Waals surface area contributed by atoms with Crippen LogP contribution in [-0.4, -0.2) is 30.0 Å². The Morgan fingerprint density at radius 3 is 2.61 bits per heavy atom. The Hall–Kier alpha value is -4.42. The lowest BCUT2D eigenvalue weighted by molar-refractivity contribution is -0.532. The van der Waals surface area contributed by atoms with Crippen LogP contribution in [0.2, 0.25) is 0 Å². The number of anilines is 1. The maximum Gasteiger partial charge on any atom is 0.256 e. The summed E-state index contributed by atoms with van der Waals surface area (Å²) in [5, 5.41) is 27.9. The molecule has 4 atom stereocenters. The van der Waals surface area contributed by atoms with Crippen molar-refractivity contribution in [1.29, 1.82) is 5.26 Å². The smallest absolute Gasteiger partial charge is 0.256 e. The summed E-state index contributed by atoms with van der Waals surface area (Å²) < 4.78 is 11.5. The summed E-state index contributed by atoms with van der Waals surface area (Å²) in [4.78, 5) is 25.3. The van der Waals surface area contributed by atoms with Crippen molar-refractivity contribution in [3.63, 3.8) is 0 Å². The number of amides is 1. The molecule has 3 aromatic rings. The van der Waals surface area contributed by atoms with Gasteiger partial charge in [0, 0.05) is 27.8 Å². The molecule has 9 heteroatoms. The molecule has 36 heavy (non-hydrogen) atoms. The Morgan fingerprint density at radius 1 is 1.11 bits per heavy atom. The van der Waals surface area contributed by atoms with Crippen molar-refractivity contribution in [2.45, 2.75) is 37.1 Å². The number of nitro groups is 1. The fraction of sp³-hybridized carbons (Fsp3) is 0.259. The van der Waals surface area contributed by atoms with Gasteiger partial charge in [-0.1, -0.05) is 42.5 Å². The normalized spacial score (nSPS) is 24.1. The molecule has 1 saturated heterocycles. The van der Waals surface area contributed by atoms with Crippen molar-refractivity contribution in [3.8, 4) is 17.6 Å². The predicted octanol–water partition coefficient (Wildman–Crippen LogP) is 3.71. The lowest BCUT2D eigenvalue weighted by atomic mass is 9.78. The zero-order valence-corrected chi connectivity index (χ0v) is 19.7. The van der Waals surface area contributed by atoms with Crippen molar-refractivity contribution in [1.82, 2.24) is 5.32 Å². The Bertz CT molecular complexity index is 1400. The van der Waals surface area contributed by atoms with Gasteiger partial charge in [0.1, 0.15) is 6.61 Å². The summed E-state index contributed by atoms with van der Waals surface area (Å²) in [5.41, 5.74) is 1.59. The third-order valence-corrected chi connectivity index (χ3v) is 7.06. The van der Waals surface area contributed by atoms with Crippen molar-refractivity contribution in [2.24, 2.45) is 0 Å². The van der Waals surface area contributed by atoms with E-state index in [0.717, 1.165) is 5.56 Å². The van der Waals surface area contributed by atoms with Gasteiger partial charge in [-0.25, -0.2) is 0 Å². The van der Waals surface area contributed by atoms with Crippen LogP contribution in [0.25, 0.3) is 0 Å². The molecule has 2 aliphatic heterocycles. The fourth-order valence-corrected chi connectivity index (χ4v) is 5.47. The summed E-state index contributed by atoms with van der Waals surface area (Å²) in [7, 11) is 1.50. The van der Waals surface area contributed by atoms with Crippen LogP contribution < -0.4 is 20.1 Å². The van der Waals surface area contributed by atoms with Crippen LogP contribution >= 0.6 is 0 Å². The third kappa shape index (κ3) is 3.54. The van der Waals surface area contributed by atoms with Crippen LogP contribution in [0, 0.1) is 21.4 Å². The van der Waals surface area contributed by atoms with Crippen LogP contribution in [0.15, 0.2) is 66.7 Å². The molecule has 1 spiro atoms. The summed E-state index contributed by atoms with van der Waals surface area (Å²) >= 11 is 0. The van der Waals surface area contributed by atoms with Gasteiger partial charge in [-0.2, -0.15) is 5.26 Å². The van der Waals surface area contributed by atoms with Crippen LogP contribution in [0.4, 0.5) is 5.69 Å². The van der Waals surface area contributed by atoms with Crippen LogP contribution in [0.3, 0.4) is 0 Å².